The van der Waals surface area contributed by atoms with Crippen molar-refractivity contribution in [3.8, 4) is 23.0 Å². The summed E-state index contributed by atoms with van der Waals surface area (Å²) in [5, 5.41) is 9.55. The SMILES string of the molecule is COc1ccc(F)cc1CCn1c(-c2ncccc2O)nc2ccnc(C(F)(F)F)c2c1=O. The monoisotopic (exact) mass is 460 g/mol. The van der Waals surface area contributed by atoms with E-state index in [0.717, 1.165) is 10.8 Å². The van der Waals surface area contributed by atoms with Crippen LogP contribution in [0.5, 0.6) is 11.5 Å². The summed E-state index contributed by atoms with van der Waals surface area (Å²) in [5.74, 6) is -0.648. The highest BCUT2D eigenvalue weighted by Crippen LogP contribution is 2.32. The van der Waals surface area contributed by atoms with Gasteiger partial charge in [-0.2, -0.15) is 13.2 Å². The van der Waals surface area contributed by atoms with Crippen molar-refractivity contribution in [3.05, 3.63) is 76.2 Å². The van der Waals surface area contributed by atoms with Gasteiger partial charge in [0.15, 0.2) is 11.5 Å². The van der Waals surface area contributed by atoms with Gasteiger partial charge in [0.25, 0.3) is 5.56 Å². The normalized spacial score (nSPS) is 11.7. The maximum atomic E-state index is 13.8. The first-order chi connectivity index (χ1) is 15.7. The topological polar surface area (TPSA) is 90.1 Å². The summed E-state index contributed by atoms with van der Waals surface area (Å²) in [6, 6.07) is 7.75. The molecule has 0 bridgehead atoms. The Bertz CT molecular complexity index is 1400. The van der Waals surface area contributed by atoms with Crippen molar-refractivity contribution in [3.63, 3.8) is 0 Å². The Kier molecular flexibility index (Phi) is 5.71. The fourth-order valence-electron chi connectivity index (χ4n) is 3.51. The number of aromatic hydroxyl groups is 1. The van der Waals surface area contributed by atoms with E-state index < -0.39 is 28.6 Å². The number of benzene rings is 1. The van der Waals surface area contributed by atoms with Gasteiger partial charge < -0.3 is 9.84 Å². The molecule has 0 saturated heterocycles. The average Bonchev–Trinajstić information content (AvgIpc) is 2.78. The smallest absolute Gasteiger partial charge is 0.434 e. The maximum absolute atomic E-state index is 13.8. The number of alkyl halides is 3. The molecule has 33 heavy (non-hydrogen) atoms. The number of pyridine rings is 2. The molecule has 0 fully saturated rings. The van der Waals surface area contributed by atoms with E-state index in [4.69, 9.17) is 4.74 Å². The molecule has 0 aliphatic carbocycles. The highest BCUT2D eigenvalue weighted by atomic mass is 19.4. The Morgan fingerprint density at radius 3 is 2.61 bits per heavy atom. The summed E-state index contributed by atoms with van der Waals surface area (Å²) in [6.07, 6.45) is -2.62. The van der Waals surface area contributed by atoms with Crippen molar-refractivity contribution in [2.75, 3.05) is 7.11 Å². The number of halogens is 4. The number of ether oxygens (including phenoxy) is 1. The first kappa shape index (κ1) is 22.2. The quantitative estimate of drug-likeness (QED) is 0.454. The summed E-state index contributed by atoms with van der Waals surface area (Å²) < 4.78 is 60.6. The molecule has 7 nitrogen and oxygen atoms in total. The Morgan fingerprint density at radius 1 is 1.12 bits per heavy atom. The molecule has 1 aromatic carbocycles. The minimum absolute atomic E-state index is 0.0240. The number of aromatic nitrogens is 4. The molecule has 0 radical (unpaired) electrons. The van der Waals surface area contributed by atoms with Gasteiger partial charge in [-0.05, 0) is 48.4 Å². The Balaban J connectivity index is 1.95. The number of hydrogen-bond donors (Lipinski definition) is 1. The third-order valence-electron chi connectivity index (χ3n) is 4.98. The number of hydrogen-bond acceptors (Lipinski definition) is 6. The van der Waals surface area contributed by atoms with Crippen LogP contribution in [0.15, 0.2) is 53.6 Å². The fraction of sp³-hybridized carbons (Fsp3) is 0.182. The van der Waals surface area contributed by atoms with Crippen molar-refractivity contribution >= 4 is 10.9 Å². The molecule has 1 N–H and O–H groups in total. The molecule has 4 aromatic rings. The van der Waals surface area contributed by atoms with Gasteiger partial charge in [0.2, 0.25) is 0 Å². The molecule has 3 heterocycles. The van der Waals surface area contributed by atoms with Gasteiger partial charge in [-0.3, -0.25) is 14.3 Å². The third kappa shape index (κ3) is 4.21. The van der Waals surface area contributed by atoms with Crippen LogP contribution in [0.4, 0.5) is 17.6 Å². The second-order valence-corrected chi connectivity index (χ2v) is 7.02. The fourth-order valence-corrected chi connectivity index (χ4v) is 3.51. The molecule has 0 aliphatic rings. The second-order valence-electron chi connectivity index (χ2n) is 7.02. The predicted molar refractivity (Wildman–Crippen MR) is 110 cm³/mol. The number of nitrogens with zero attached hydrogens (tertiary/aromatic N) is 4. The van der Waals surface area contributed by atoms with Crippen LogP contribution in [-0.2, 0) is 19.1 Å². The van der Waals surface area contributed by atoms with Crippen LogP contribution in [0.2, 0.25) is 0 Å². The van der Waals surface area contributed by atoms with Crippen molar-refractivity contribution in [2.24, 2.45) is 0 Å². The number of aryl methyl sites for hydroxylation is 1. The molecular formula is C22H16F4N4O3. The van der Waals surface area contributed by atoms with Crippen LogP contribution in [0.3, 0.4) is 0 Å². The molecule has 0 unspecified atom stereocenters. The summed E-state index contributed by atoms with van der Waals surface area (Å²) in [7, 11) is 1.39. The number of fused-ring (bicyclic) bond motifs is 1. The van der Waals surface area contributed by atoms with E-state index >= 15 is 0 Å². The average molecular weight is 460 g/mol. The van der Waals surface area contributed by atoms with Crippen molar-refractivity contribution < 1.29 is 27.4 Å². The van der Waals surface area contributed by atoms with Crippen LogP contribution < -0.4 is 10.3 Å². The van der Waals surface area contributed by atoms with Crippen molar-refractivity contribution in [2.45, 2.75) is 19.1 Å². The van der Waals surface area contributed by atoms with E-state index in [1.165, 1.54) is 49.7 Å². The van der Waals surface area contributed by atoms with E-state index in [0.29, 0.717) is 11.3 Å². The van der Waals surface area contributed by atoms with Gasteiger partial charge >= 0.3 is 6.18 Å². The van der Waals surface area contributed by atoms with Crippen LogP contribution in [0.25, 0.3) is 22.4 Å². The van der Waals surface area contributed by atoms with Crippen molar-refractivity contribution in [1.29, 1.82) is 0 Å². The first-order valence-corrected chi connectivity index (χ1v) is 9.64. The molecule has 0 saturated carbocycles. The zero-order valence-corrected chi connectivity index (χ0v) is 17.1. The summed E-state index contributed by atoms with van der Waals surface area (Å²) in [5.41, 5.74) is -2.33. The second kappa shape index (κ2) is 8.49. The largest absolute Gasteiger partial charge is 0.506 e. The molecule has 4 rings (SSSR count). The summed E-state index contributed by atoms with van der Waals surface area (Å²) in [6.45, 7) is -0.195. The van der Waals surface area contributed by atoms with Crippen LogP contribution in [-0.4, -0.2) is 31.7 Å². The standard InChI is InChI=1S/C22H16F4N4O3/c1-33-16-5-4-13(23)11-12(16)7-10-30-20(18-15(31)3-2-8-27-18)29-14-6-9-28-19(22(24,25)26)17(14)21(30)32/h2-6,8-9,11,31H,7,10H2,1H3. The highest BCUT2D eigenvalue weighted by molar-refractivity contribution is 5.82. The van der Waals surface area contributed by atoms with Crippen LogP contribution >= 0.6 is 0 Å². The summed E-state index contributed by atoms with van der Waals surface area (Å²) >= 11 is 0. The Morgan fingerprint density at radius 2 is 1.91 bits per heavy atom. The van der Waals surface area contributed by atoms with Gasteiger partial charge in [0, 0.05) is 18.9 Å². The van der Waals surface area contributed by atoms with Crippen LogP contribution in [0.1, 0.15) is 11.3 Å². The lowest BCUT2D eigenvalue weighted by molar-refractivity contribution is -0.139. The van der Waals surface area contributed by atoms with E-state index in [1.807, 2.05) is 0 Å². The van der Waals surface area contributed by atoms with Crippen molar-refractivity contribution in [1.82, 2.24) is 19.5 Å². The minimum Gasteiger partial charge on any atom is -0.506 e. The van der Waals surface area contributed by atoms with Gasteiger partial charge in [-0.1, -0.05) is 0 Å². The van der Waals surface area contributed by atoms with E-state index in [2.05, 4.69) is 15.0 Å². The van der Waals surface area contributed by atoms with Gasteiger partial charge in [0.05, 0.1) is 18.0 Å². The molecule has 170 valence electrons. The van der Waals surface area contributed by atoms with E-state index in [9.17, 15) is 27.5 Å². The maximum Gasteiger partial charge on any atom is 0.434 e. The molecular weight excluding hydrogens is 444 g/mol. The number of methoxy groups -OCH3 is 1. The van der Waals surface area contributed by atoms with Crippen LogP contribution in [0, 0.1) is 5.82 Å². The lowest BCUT2D eigenvalue weighted by Crippen LogP contribution is -2.27. The third-order valence-corrected chi connectivity index (χ3v) is 4.98. The van der Waals surface area contributed by atoms with E-state index in [-0.39, 0.29) is 35.8 Å². The lowest BCUT2D eigenvalue weighted by Gasteiger charge is -2.16. The molecule has 0 atom stereocenters. The zero-order chi connectivity index (χ0) is 23.8. The highest BCUT2D eigenvalue weighted by Gasteiger charge is 2.36. The first-order valence-electron chi connectivity index (χ1n) is 9.64. The lowest BCUT2D eigenvalue weighted by atomic mass is 10.1. The molecule has 11 heteroatoms. The molecule has 0 amide bonds. The van der Waals surface area contributed by atoms with Gasteiger partial charge in [-0.15, -0.1) is 0 Å². The zero-order valence-electron chi connectivity index (χ0n) is 17.1. The Hall–Kier alpha value is -4.02. The van der Waals surface area contributed by atoms with Gasteiger partial charge in [-0.25, -0.2) is 14.4 Å². The summed E-state index contributed by atoms with van der Waals surface area (Å²) in [4.78, 5) is 24.9. The molecule has 3 aromatic heterocycles. The molecule has 0 aliphatic heterocycles. The molecule has 0 spiro atoms. The predicted octanol–water partition coefficient (Wildman–Crippen LogP) is 3.97. The minimum atomic E-state index is -4.89. The van der Waals surface area contributed by atoms with Gasteiger partial charge in [0.1, 0.15) is 23.0 Å². The Labute approximate surface area is 184 Å². The number of rotatable bonds is 5. The van der Waals surface area contributed by atoms with E-state index in [1.54, 1.807) is 0 Å².